The van der Waals surface area contributed by atoms with E-state index < -0.39 is 0 Å². The van der Waals surface area contributed by atoms with Crippen LogP contribution in [0.1, 0.15) is 146 Å². The average molecular weight is 1690 g/mol. The summed E-state index contributed by atoms with van der Waals surface area (Å²) >= 11 is 0. The van der Waals surface area contributed by atoms with E-state index in [4.69, 9.17) is 48.1 Å². The quantitative estimate of drug-likeness (QED) is 0.0272. The van der Waals surface area contributed by atoms with Crippen molar-refractivity contribution >= 4 is 47.1 Å². The molecule has 0 saturated heterocycles. The summed E-state index contributed by atoms with van der Waals surface area (Å²) in [5, 5.41) is 48.1. The second-order valence-electron chi connectivity index (χ2n) is 36.3. The second kappa shape index (κ2) is 43.1. The fourth-order valence-corrected chi connectivity index (χ4v) is 16.4. The number of aryl methyl sites for hydroxylation is 1. The molecular weight excluding hydrogens is 1570 g/mol. The van der Waals surface area contributed by atoms with Crippen molar-refractivity contribution in [3.63, 3.8) is 0 Å². The van der Waals surface area contributed by atoms with E-state index in [1.54, 1.807) is 0 Å². The third-order valence-corrected chi connectivity index (χ3v) is 22.7. The van der Waals surface area contributed by atoms with Crippen LogP contribution in [0.5, 0.6) is 34.5 Å². The van der Waals surface area contributed by atoms with Crippen molar-refractivity contribution in [2.45, 2.75) is 127 Å². The normalized spacial score (nSPS) is 16.7. The molecule has 0 N–H and O–H groups in total. The molecule has 0 aliphatic heterocycles. The molecule has 0 fully saturated rings. The molecule has 7 aromatic rings. The number of nitrogens with zero attached hydrogens (tertiary/aromatic N) is 12. The molecule has 0 bridgehead atoms. The van der Waals surface area contributed by atoms with Gasteiger partial charge < -0.3 is 48.0 Å². The third-order valence-electron chi connectivity index (χ3n) is 22.7. The molecule has 0 saturated carbocycles. The highest BCUT2D eigenvalue weighted by atomic mass is 16.5. The Kier molecular flexibility index (Phi) is 31.6. The predicted octanol–water partition coefficient (Wildman–Crippen LogP) is 24.7. The zero-order chi connectivity index (χ0) is 90.8. The van der Waals surface area contributed by atoms with E-state index in [9.17, 15) is 26.3 Å². The van der Waals surface area contributed by atoms with E-state index in [1.165, 1.54) is 0 Å². The lowest BCUT2D eigenvalue weighted by Gasteiger charge is -2.30. The van der Waals surface area contributed by atoms with E-state index in [-0.39, 0.29) is 57.5 Å². The molecule has 7 aromatic carbocycles. The minimum Gasteiger partial charge on any atom is -0.492 e. The maximum absolute atomic E-state index is 9.63. The van der Waals surface area contributed by atoms with Gasteiger partial charge in [-0.2, -0.15) is 10.5 Å². The number of likely N-dealkylation sites (N-methyl/N-ethyl adjacent to an activating group) is 4. The summed E-state index contributed by atoms with van der Waals surface area (Å²) in [4.78, 5) is 19.1. The Hall–Kier alpha value is -14.7. The molecule has 0 spiro atoms. The van der Waals surface area contributed by atoms with Crippen molar-refractivity contribution in [3.05, 3.63) is 341 Å². The number of benzene rings is 7. The molecule has 4 aliphatic rings. The van der Waals surface area contributed by atoms with E-state index in [0.29, 0.717) is 113 Å². The van der Waals surface area contributed by atoms with Crippen LogP contribution >= 0.6 is 0 Å². The Balaban J connectivity index is 0.766. The highest BCUT2D eigenvalue weighted by Gasteiger charge is 2.31. The molecule has 18 nitrogen and oxygen atoms in total. The van der Waals surface area contributed by atoms with Gasteiger partial charge in [-0.15, -0.1) is 0 Å². The molecule has 0 aromatic heterocycles. The first-order valence-electron chi connectivity index (χ1n) is 42.9. The molecule has 0 atom stereocenters. The van der Waals surface area contributed by atoms with Gasteiger partial charge in [-0.3, -0.25) is 0 Å². The van der Waals surface area contributed by atoms with Crippen LogP contribution in [0.15, 0.2) is 268 Å². The van der Waals surface area contributed by atoms with Gasteiger partial charge >= 0.3 is 0 Å². The standard InChI is InChI=1S/C109H112N12O6/c1-77-49-97(126-75-86-55-99(122-45-41-118(13)93-33-25-78(26-34-93)17-21-82-51-88(92(70-110)71-111)66-106(2,3)62-82)60-100(56-86)123-46-42-119(14)94-35-27-79(28-36-94)18-22-83-52-89(103(72-112)115-10)67-107(4,5)63-83)59-98(50-77)127-76-87-57-101(124-47-43-120(15)95-37-29-80(30-38-95)19-23-84-53-90(104(73-113)116-11)68-108(6,7)64-84)61-102(58-87)125-48-44-121(16)96-39-31-81(32-40-96)20-24-85-54-91(105(74-114)117-12)69-109(8,9)65-85/h17-40,49-61H,41-48,62-69,75-76H2,1-9,13-16H3. The summed E-state index contributed by atoms with van der Waals surface area (Å²) in [6.07, 6.45) is 30.7. The number of ether oxygens (including phenoxy) is 6. The molecule has 0 amide bonds. The van der Waals surface area contributed by atoms with Crippen LogP contribution in [-0.4, -0.2) is 80.8 Å². The first kappa shape index (κ1) is 93.0. The van der Waals surface area contributed by atoms with Crippen molar-refractivity contribution in [1.82, 2.24) is 0 Å². The second-order valence-corrected chi connectivity index (χ2v) is 36.3. The minimum atomic E-state index is -0.0784. The molecule has 0 unspecified atom stereocenters. The van der Waals surface area contributed by atoms with E-state index in [2.05, 4.69) is 266 Å². The van der Waals surface area contributed by atoms with Crippen LogP contribution in [0, 0.1) is 105 Å². The number of anilines is 4. The summed E-state index contributed by atoms with van der Waals surface area (Å²) in [6, 6.07) is 61.5. The molecule has 11 rings (SSSR count). The topological polar surface area (TPSA) is 200 Å². The predicted molar refractivity (Wildman–Crippen MR) is 510 cm³/mol. The smallest absolute Gasteiger partial charge is 0.265 e. The van der Waals surface area contributed by atoms with Gasteiger partial charge in [0.1, 0.15) is 91.8 Å². The Labute approximate surface area is 751 Å². The van der Waals surface area contributed by atoms with Crippen molar-refractivity contribution < 1.29 is 28.4 Å². The summed E-state index contributed by atoms with van der Waals surface area (Å²) in [5.41, 5.74) is 18.7. The Morgan fingerprint density at radius 3 is 0.795 bits per heavy atom. The molecule has 644 valence electrons. The van der Waals surface area contributed by atoms with Crippen molar-refractivity contribution in [3.8, 4) is 64.8 Å². The van der Waals surface area contributed by atoms with E-state index in [0.717, 1.165) is 132 Å². The summed E-state index contributed by atoms with van der Waals surface area (Å²) < 4.78 is 39.6. The lowest BCUT2D eigenvalue weighted by Crippen LogP contribution is -2.24. The van der Waals surface area contributed by atoms with Crippen molar-refractivity contribution in [2.75, 3.05) is 100 Å². The first-order valence-corrected chi connectivity index (χ1v) is 42.9. The van der Waals surface area contributed by atoms with Gasteiger partial charge in [0.2, 0.25) is 0 Å². The highest BCUT2D eigenvalue weighted by molar-refractivity contribution is 5.64. The van der Waals surface area contributed by atoms with Crippen LogP contribution in [0.2, 0.25) is 0 Å². The fraction of sp³-hybridized carbons (Fsp3) is 0.321. The van der Waals surface area contributed by atoms with Crippen LogP contribution in [0.25, 0.3) is 38.8 Å². The summed E-state index contributed by atoms with van der Waals surface area (Å²) in [7, 11) is 8.17. The monoisotopic (exact) mass is 1680 g/mol. The zero-order valence-corrected chi connectivity index (χ0v) is 75.4. The van der Waals surface area contributed by atoms with Gasteiger partial charge in [-0.1, -0.05) is 177 Å². The minimum absolute atomic E-state index is 0.0709. The van der Waals surface area contributed by atoms with Gasteiger partial charge in [-0.25, -0.2) is 30.3 Å². The Morgan fingerprint density at radius 2 is 0.559 bits per heavy atom. The molecule has 4 aliphatic carbocycles. The highest BCUT2D eigenvalue weighted by Crippen LogP contribution is 2.45. The SMILES string of the molecule is [C-]#[N+]C(C#N)=C1C=C(C=Cc2ccc(N(C)CCOc3cc(COc4cc(C)cc(OCc5cc(OCCN(C)c6ccc(C=CC7=CC(=C(C#N)[N+]#[C-])CC(C)(C)C7)cc6)cc(OCCN(C)c6ccc(C=CC7=CC(=C(C#N)[N+]#[C-])CC(C)(C)C7)cc6)c5)c4)cc(OCCN(C)c4ccc(C=CC5=CC(=C(C#N)C#N)CC(C)(C)C5)cc4)c3)cc2)CC(C)(C)C1. The molecule has 0 radical (unpaired) electrons. The van der Waals surface area contributed by atoms with Gasteiger partial charge in [-0.05, 0) is 248 Å². The molecule has 127 heavy (non-hydrogen) atoms. The van der Waals surface area contributed by atoms with Gasteiger partial charge in [0.15, 0.2) is 0 Å². The fourth-order valence-electron chi connectivity index (χ4n) is 16.4. The molecule has 0 heterocycles. The van der Waals surface area contributed by atoms with Crippen LogP contribution in [-0.2, 0) is 13.2 Å². The van der Waals surface area contributed by atoms with E-state index >= 15 is 0 Å². The van der Waals surface area contributed by atoms with E-state index in [1.807, 2.05) is 114 Å². The molecule has 18 heteroatoms. The Bertz CT molecular complexity index is 5210. The lowest BCUT2D eigenvalue weighted by atomic mass is 9.74. The third kappa shape index (κ3) is 27.7. The number of nitriles is 5. The zero-order valence-electron chi connectivity index (χ0n) is 75.4. The number of hydrogen-bond donors (Lipinski definition) is 0. The lowest BCUT2D eigenvalue weighted by molar-refractivity contribution is 0.282. The maximum Gasteiger partial charge on any atom is 0.265 e. The van der Waals surface area contributed by atoms with Gasteiger partial charge in [0, 0.05) is 69.1 Å². The average Bonchev–Trinajstić information content (AvgIpc) is 0.826. The number of rotatable bonds is 34. The molecular formula is C109H112N12O6. The Morgan fingerprint density at radius 1 is 0.323 bits per heavy atom. The number of hydrogen-bond acceptors (Lipinski definition) is 15. The number of allylic oxidation sites excluding steroid dienone is 20. The summed E-state index contributed by atoms with van der Waals surface area (Å²) in [5.74, 6) is 3.75. The van der Waals surface area contributed by atoms with Gasteiger partial charge in [0.05, 0.1) is 64.1 Å². The van der Waals surface area contributed by atoms with Crippen molar-refractivity contribution in [1.29, 1.82) is 26.3 Å². The summed E-state index contributed by atoms with van der Waals surface area (Å²) in [6.45, 7) is 46.2. The first-order chi connectivity index (χ1) is 60.9. The van der Waals surface area contributed by atoms with Gasteiger partial charge in [0.25, 0.3) is 17.1 Å². The van der Waals surface area contributed by atoms with Crippen LogP contribution in [0.4, 0.5) is 22.7 Å². The van der Waals surface area contributed by atoms with Crippen LogP contribution in [0.3, 0.4) is 0 Å². The van der Waals surface area contributed by atoms with Crippen molar-refractivity contribution in [2.24, 2.45) is 21.7 Å². The maximum atomic E-state index is 9.63. The largest absolute Gasteiger partial charge is 0.492 e. The van der Waals surface area contributed by atoms with Crippen LogP contribution < -0.4 is 48.0 Å².